The van der Waals surface area contributed by atoms with Crippen molar-refractivity contribution in [2.75, 3.05) is 19.1 Å². The molecule has 0 saturated carbocycles. The zero-order valence-corrected chi connectivity index (χ0v) is 11.3. The molecule has 0 atom stereocenters. The van der Waals surface area contributed by atoms with Crippen molar-refractivity contribution in [3.05, 3.63) is 47.2 Å². The van der Waals surface area contributed by atoms with E-state index in [9.17, 15) is 0 Å². The molecule has 0 N–H and O–H groups in total. The van der Waals surface area contributed by atoms with Gasteiger partial charge in [0.25, 0.3) is 0 Å². The zero-order chi connectivity index (χ0) is 12.3. The van der Waals surface area contributed by atoms with Gasteiger partial charge in [0.2, 0.25) is 0 Å². The molecule has 0 radical (unpaired) electrons. The molecule has 0 amide bonds. The maximum atomic E-state index is 5.21. The third kappa shape index (κ3) is 2.77. The average molecular weight is 293 g/mol. The van der Waals surface area contributed by atoms with E-state index in [0.717, 1.165) is 21.6 Å². The molecule has 4 heteroatoms. The van der Waals surface area contributed by atoms with Crippen LogP contribution in [0.1, 0.15) is 0 Å². The summed E-state index contributed by atoms with van der Waals surface area (Å²) < 4.78 is 6.18. The lowest BCUT2D eigenvalue weighted by atomic mass is 10.2. The van der Waals surface area contributed by atoms with Gasteiger partial charge in [-0.05, 0) is 34.1 Å². The Hall–Kier alpha value is -1.55. The van der Waals surface area contributed by atoms with Gasteiger partial charge in [-0.3, -0.25) is 4.98 Å². The molecule has 17 heavy (non-hydrogen) atoms. The number of benzene rings is 1. The van der Waals surface area contributed by atoms with Crippen molar-refractivity contribution in [1.29, 1.82) is 0 Å². The first-order valence-corrected chi connectivity index (χ1v) is 5.98. The van der Waals surface area contributed by atoms with E-state index in [1.54, 1.807) is 13.3 Å². The van der Waals surface area contributed by atoms with E-state index < -0.39 is 0 Å². The summed E-state index contributed by atoms with van der Waals surface area (Å²) in [6.45, 7) is 0. The molecule has 0 fully saturated rings. The quantitative estimate of drug-likeness (QED) is 0.864. The molecular formula is C13H13BrN2O. The molecule has 0 saturated heterocycles. The molecule has 0 aliphatic heterocycles. The molecule has 3 nitrogen and oxygen atoms in total. The second-order valence-corrected chi connectivity index (χ2v) is 4.54. The number of anilines is 2. The summed E-state index contributed by atoms with van der Waals surface area (Å²) in [6, 6.07) is 9.93. The topological polar surface area (TPSA) is 25.4 Å². The number of nitrogens with zero attached hydrogens (tertiary/aromatic N) is 2. The minimum atomic E-state index is 0.845. The van der Waals surface area contributed by atoms with Gasteiger partial charge in [-0.15, -0.1) is 0 Å². The largest absolute Gasteiger partial charge is 0.497 e. The summed E-state index contributed by atoms with van der Waals surface area (Å²) in [6.07, 6.45) is 3.59. The minimum absolute atomic E-state index is 0.845. The Balaban J connectivity index is 2.33. The van der Waals surface area contributed by atoms with Crippen molar-refractivity contribution in [2.45, 2.75) is 0 Å². The molecule has 2 aromatic rings. The van der Waals surface area contributed by atoms with Crippen molar-refractivity contribution in [3.8, 4) is 5.75 Å². The number of hydrogen-bond acceptors (Lipinski definition) is 3. The maximum Gasteiger partial charge on any atom is 0.120 e. The van der Waals surface area contributed by atoms with Crippen LogP contribution in [0.25, 0.3) is 0 Å². The molecule has 0 bridgehead atoms. The number of aromatic nitrogens is 1. The number of rotatable bonds is 3. The number of hydrogen-bond donors (Lipinski definition) is 0. The van der Waals surface area contributed by atoms with Gasteiger partial charge in [-0.25, -0.2) is 0 Å². The highest BCUT2D eigenvalue weighted by atomic mass is 79.9. The first-order chi connectivity index (χ1) is 8.20. The molecule has 88 valence electrons. The summed E-state index contributed by atoms with van der Waals surface area (Å²) in [4.78, 5) is 6.21. The first-order valence-electron chi connectivity index (χ1n) is 5.19. The molecule has 2 rings (SSSR count). The number of pyridine rings is 1. The third-order valence-corrected chi connectivity index (χ3v) is 2.95. The zero-order valence-electron chi connectivity index (χ0n) is 9.72. The van der Waals surface area contributed by atoms with E-state index in [2.05, 4.69) is 25.8 Å². The predicted octanol–water partition coefficient (Wildman–Crippen LogP) is 3.62. The first kappa shape index (κ1) is 11.9. The smallest absolute Gasteiger partial charge is 0.120 e. The summed E-state index contributed by atoms with van der Waals surface area (Å²) in [7, 11) is 3.66. The van der Waals surface area contributed by atoms with Gasteiger partial charge in [0.05, 0.1) is 19.0 Å². The van der Waals surface area contributed by atoms with Crippen molar-refractivity contribution in [3.63, 3.8) is 0 Å². The molecule has 0 unspecified atom stereocenters. The second-order valence-electron chi connectivity index (χ2n) is 3.62. The Bertz CT molecular complexity index is 516. The number of ether oxygens (including phenoxy) is 1. The summed E-state index contributed by atoms with van der Waals surface area (Å²) in [5.74, 6) is 0.845. The average Bonchev–Trinajstić information content (AvgIpc) is 2.38. The Morgan fingerprint density at radius 3 is 2.71 bits per heavy atom. The predicted molar refractivity (Wildman–Crippen MR) is 73.0 cm³/mol. The lowest BCUT2D eigenvalue weighted by Crippen LogP contribution is -2.09. The van der Waals surface area contributed by atoms with Crippen LogP contribution in [-0.2, 0) is 0 Å². The number of halogens is 1. The van der Waals surface area contributed by atoms with E-state index >= 15 is 0 Å². The van der Waals surface area contributed by atoms with Crippen LogP contribution in [0.4, 0.5) is 11.4 Å². The fourth-order valence-electron chi connectivity index (χ4n) is 1.55. The molecule has 1 aromatic heterocycles. The van der Waals surface area contributed by atoms with Crippen molar-refractivity contribution < 1.29 is 4.74 Å². The Morgan fingerprint density at radius 2 is 2.00 bits per heavy atom. The van der Waals surface area contributed by atoms with Crippen LogP contribution in [0, 0.1) is 0 Å². The van der Waals surface area contributed by atoms with Crippen LogP contribution < -0.4 is 9.64 Å². The van der Waals surface area contributed by atoms with Crippen molar-refractivity contribution >= 4 is 27.3 Å². The highest BCUT2D eigenvalue weighted by molar-refractivity contribution is 9.10. The molecule has 0 aliphatic carbocycles. The normalized spacial score (nSPS) is 10.1. The van der Waals surface area contributed by atoms with Gasteiger partial charge in [0.1, 0.15) is 5.75 Å². The van der Waals surface area contributed by atoms with Gasteiger partial charge < -0.3 is 9.64 Å². The van der Waals surface area contributed by atoms with Crippen LogP contribution >= 0.6 is 15.9 Å². The number of methoxy groups -OCH3 is 1. The van der Waals surface area contributed by atoms with Gasteiger partial charge in [-0.1, -0.05) is 6.07 Å². The summed E-state index contributed by atoms with van der Waals surface area (Å²) in [5, 5.41) is 0. The lowest BCUT2D eigenvalue weighted by molar-refractivity contribution is 0.415. The van der Waals surface area contributed by atoms with Crippen LogP contribution in [0.2, 0.25) is 0 Å². The molecular weight excluding hydrogens is 280 g/mol. The van der Waals surface area contributed by atoms with Crippen LogP contribution in [0.3, 0.4) is 0 Å². The van der Waals surface area contributed by atoms with E-state index in [-0.39, 0.29) is 0 Å². The molecule has 0 spiro atoms. The van der Waals surface area contributed by atoms with Gasteiger partial charge in [0, 0.05) is 29.5 Å². The Labute approximate surface area is 109 Å². The van der Waals surface area contributed by atoms with Crippen LogP contribution in [0.15, 0.2) is 47.2 Å². The van der Waals surface area contributed by atoms with Crippen molar-refractivity contribution in [2.24, 2.45) is 0 Å². The Morgan fingerprint density at radius 1 is 1.18 bits per heavy atom. The van der Waals surface area contributed by atoms with E-state index in [1.165, 1.54) is 0 Å². The molecule has 1 heterocycles. The molecule has 0 aliphatic rings. The third-order valence-electron chi connectivity index (χ3n) is 2.52. The SMILES string of the molecule is COc1cccc(N(C)c2cncc(Br)c2)c1. The van der Waals surface area contributed by atoms with E-state index in [0.29, 0.717) is 0 Å². The maximum absolute atomic E-state index is 5.21. The highest BCUT2D eigenvalue weighted by Gasteiger charge is 2.05. The second kappa shape index (κ2) is 5.19. The van der Waals surface area contributed by atoms with Crippen LogP contribution in [0.5, 0.6) is 5.75 Å². The minimum Gasteiger partial charge on any atom is -0.497 e. The van der Waals surface area contributed by atoms with Crippen molar-refractivity contribution in [1.82, 2.24) is 4.98 Å². The fraction of sp³-hybridized carbons (Fsp3) is 0.154. The summed E-state index contributed by atoms with van der Waals surface area (Å²) >= 11 is 3.42. The van der Waals surface area contributed by atoms with Gasteiger partial charge in [0.15, 0.2) is 0 Å². The van der Waals surface area contributed by atoms with Gasteiger partial charge >= 0.3 is 0 Å². The highest BCUT2D eigenvalue weighted by Crippen LogP contribution is 2.27. The Kier molecular flexibility index (Phi) is 3.64. The van der Waals surface area contributed by atoms with E-state index in [4.69, 9.17) is 4.74 Å². The standard InChI is InChI=1S/C13H13BrN2O/c1-16(12-6-10(14)8-15-9-12)11-4-3-5-13(7-11)17-2/h3-9H,1-2H3. The lowest BCUT2D eigenvalue weighted by Gasteiger charge is -2.19. The van der Waals surface area contributed by atoms with E-state index in [1.807, 2.05) is 43.6 Å². The van der Waals surface area contributed by atoms with Crippen LogP contribution in [-0.4, -0.2) is 19.1 Å². The molecule has 1 aromatic carbocycles. The van der Waals surface area contributed by atoms with Gasteiger partial charge in [-0.2, -0.15) is 0 Å². The monoisotopic (exact) mass is 292 g/mol. The summed E-state index contributed by atoms with van der Waals surface area (Å²) in [5.41, 5.74) is 2.08. The fourth-order valence-corrected chi connectivity index (χ4v) is 1.91.